The van der Waals surface area contributed by atoms with Crippen molar-refractivity contribution in [1.29, 1.82) is 0 Å². The molecule has 16 heavy (non-hydrogen) atoms. The molecule has 0 aliphatic carbocycles. The SMILES string of the molecule is CN(C)CCCCCCCCCCC(N)=O. The van der Waals surface area contributed by atoms with Crippen LogP contribution in [0.5, 0.6) is 0 Å². The number of nitrogens with zero attached hydrogens (tertiary/aromatic N) is 1. The minimum atomic E-state index is -0.163. The lowest BCUT2D eigenvalue weighted by atomic mass is 10.1. The van der Waals surface area contributed by atoms with Gasteiger partial charge in [-0.05, 0) is 33.5 Å². The molecule has 0 aromatic rings. The monoisotopic (exact) mass is 228 g/mol. The molecule has 0 spiro atoms. The van der Waals surface area contributed by atoms with Crippen molar-refractivity contribution >= 4 is 5.91 Å². The Morgan fingerprint density at radius 1 is 0.875 bits per heavy atom. The van der Waals surface area contributed by atoms with Gasteiger partial charge >= 0.3 is 0 Å². The van der Waals surface area contributed by atoms with Crippen molar-refractivity contribution in [3.05, 3.63) is 0 Å². The Morgan fingerprint density at radius 2 is 1.31 bits per heavy atom. The number of carbonyl (C=O) groups excluding carboxylic acids is 1. The quantitative estimate of drug-likeness (QED) is 0.552. The van der Waals surface area contributed by atoms with E-state index in [1.165, 1.54) is 45.1 Å². The van der Waals surface area contributed by atoms with E-state index >= 15 is 0 Å². The van der Waals surface area contributed by atoms with Gasteiger partial charge in [-0.2, -0.15) is 0 Å². The van der Waals surface area contributed by atoms with E-state index in [2.05, 4.69) is 19.0 Å². The fourth-order valence-corrected chi connectivity index (χ4v) is 1.79. The topological polar surface area (TPSA) is 46.3 Å². The molecule has 0 aliphatic heterocycles. The number of carbonyl (C=O) groups is 1. The summed E-state index contributed by atoms with van der Waals surface area (Å²) in [6.45, 7) is 1.21. The lowest BCUT2D eigenvalue weighted by molar-refractivity contribution is -0.118. The Morgan fingerprint density at radius 3 is 1.75 bits per heavy atom. The van der Waals surface area contributed by atoms with Crippen LogP contribution in [0.3, 0.4) is 0 Å². The predicted octanol–water partition coefficient (Wildman–Crippen LogP) is 2.54. The lowest BCUT2D eigenvalue weighted by Crippen LogP contribution is -2.12. The van der Waals surface area contributed by atoms with Crippen LogP contribution >= 0.6 is 0 Å². The summed E-state index contributed by atoms with van der Waals surface area (Å²) < 4.78 is 0. The molecular weight excluding hydrogens is 200 g/mol. The number of amides is 1. The van der Waals surface area contributed by atoms with Crippen LogP contribution in [0.1, 0.15) is 57.8 Å². The summed E-state index contributed by atoms with van der Waals surface area (Å²) in [5.41, 5.74) is 5.07. The lowest BCUT2D eigenvalue weighted by Gasteiger charge is -2.08. The van der Waals surface area contributed by atoms with Crippen LogP contribution in [0, 0.1) is 0 Å². The van der Waals surface area contributed by atoms with Gasteiger partial charge in [0.05, 0.1) is 0 Å². The standard InChI is InChI=1S/C13H28N2O/c1-15(2)12-10-8-6-4-3-5-7-9-11-13(14)16/h3-12H2,1-2H3,(H2,14,16). The highest BCUT2D eigenvalue weighted by Gasteiger charge is 1.95. The van der Waals surface area contributed by atoms with E-state index in [0.29, 0.717) is 6.42 Å². The summed E-state index contributed by atoms with van der Waals surface area (Å²) in [7, 11) is 4.25. The van der Waals surface area contributed by atoms with Crippen molar-refractivity contribution in [1.82, 2.24) is 4.90 Å². The Hall–Kier alpha value is -0.570. The summed E-state index contributed by atoms with van der Waals surface area (Å²) in [6.07, 6.45) is 10.6. The summed E-state index contributed by atoms with van der Waals surface area (Å²) in [5, 5.41) is 0. The maximum absolute atomic E-state index is 10.5. The zero-order valence-corrected chi connectivity index (χ0v) is 11.0. The molecular formula is C13H28N2O. The summed E-state index contributed by atoms with van der Waals surface area (Å²) >= 11 is 0. The third kappa shape index (κ3) is 13.4. The normalized spacial score (nSPS) is 10.9. The van der Waals surface area contributed by atoms with Gasteiger partial charge in [-0.3, -0.25) is 4.79 Å². The van der Waals surface area contributed by atoms with Crippen LogP contribution in [0.15, 0.2) is 0 Å². The summed E-state index contributed by atoms with van der Waals surface area (Å²) in [5.74, 6) is -0.163. The largest absolute Gasteiger partial charge is 0.370 e. The van der Waals surface area contributed by atoms with E-state index in [1.807, 2.05) is 0 Å². The molecule has 96 valence electrons. The first-order valence-corrected chi connectivity index (χ1v) is 6.56. The molecule has 0 rings (SSSR count). The molecule has 0 saturated heterocycles. The van der Waals surface area contributed by atoms with Gasteiger partial charge in [0.1, 0.15) is 0 Å². The average molecular weight is 228 g/mol. The van der Waals surface area contributed by atoms with E-state index in [0.717, 1.165) is 12.8 Å². The summed E-state index contributed by atoms with van der Waals surface area (Å²) in [6, 6.07) is 0. The zero-order valence-electron chi connectivity index (χ0n) is 11.0. The highest BCUT2D eigenvalue weighted by Crippen LogP contribution is 2.09. The van der Waals surface area contributed by atoms with Crippen molar-refractivity contribution < 1.29 is 4.79 Å². The van der Waals surface area contributed by atoms with Gasteiger partial charge in [-0.25, -0.2) is 0 Å². The van der Waals surface area contributed by atoms with Crippen molar-refractivity contribution in [3.63, 3.8) is 0 Å². The molecule has 0 heterocycles. The molecule has 0 aromatic heterocycles. The molecule has 0 radical (unpaired) electrons. The molecule has 3 nitrogen and oxygen atoms in total. The fraction of sp³-hybridized carbons (Fsp3) is 0.923. The molecule has 0 aliphatic rings. The van der Waals surface area contributed by atoms with E-state index in [-0.39, 0.29) is 5.91 Å². The van der Waals surface area contributed by atoms with Gasteiger partial charge in [-0.1, -0.05) is 38.5 Å². The first-order chi connectivity index (χ1) is 7.63. The van der Waals surface area contributed by atoms with Crippen LogP contribution < -0.4 is 5.73 Å². The Bertz CT molecular complexity index is 169. The molecule has 0 saturated carbocycles. The average Bonchev–Trinajstić information content (AvgIpc) is 2.20. The van der Waals surface area contributed by atoms with Gasteiger partial charge in [-0.15, -0.1) is 0 Å². The van der Waals surface area contributed by atoms with Crippen LogP contribution in [0.25, 0.3) is 0 Å². The first-order valence-electron chi connectivity index (χ1n) is 6.56. The Kier molecular flexibility index (Phi) is 10.5. The highest BCUT2D eigenvalue weighted by atomic mass is 16.1. The second-order valence-corrected chi connectivity index (χ2v) is 4.85. The van der Waals surface area contributed by atoms with Gasteiger partial charge in [0.25, 0.3) is 0 Å². The number of nitrogens with two attached hydrogens (primary N) is 1. The van der Waals surface area contributed by atoms with E-state index in [4.69, 9.17) is 5.73 Å². The third-order valence-corrected chi connectivity index (χ3v) is 2.78. The van der Waals surface area contributed by atoms with Crippen molar-refractivity contribution in [2.24, 2.45) is 5.73 Å². The van der Waals surface area contributed by atoms with Crippen molar-refractivity contribution in [3.8, 4) is 0 Å². The number of hydrogen-bond donors (Lipinski definition) is 1. The van der Waals surface area contributed by atoms with E-state index in [1.54, 1.807) is 0 Å². The zero-order chi connectivity index (χ0) is 12.2. The van der Waals surface area contributed by atoms with Crippen LogP contribution in [-0.4, -0.2) is 31.4 Å². The minimum Gasteiger partial charge on any atom is -0.370 e. The second-order valence-electron chi connectivity index (χ2n) is 4.85. The van der Waals surface area contributed by atoms with E-state index < -0.39 is 0 Å². The number of rotatable bonds is 11. The molecule has 0 bridgehead atoms. The second kappa shape index (κ2) is 10.9. The number of hydrogen-bond acceptors (Lipinski definition) is 2. The molecule has 0 unspecified atom stereocenters. The molecule has 2 N–H and O–H groups in total. The minimum absolute atomic E-state index is 0.163. The first kappa shape index (κ1) is 15.4. The van der Waals surface area contributed by atoms with Gasteiger partial charge in [0.15, 0.2) is 0 Å². The fourth-order valence-electron chi connectivity index (χ4n) is 1.79. The number of primary amides is 1. The van der Waals surface area contributed by atoms with Gasteiger partial charge in [0, 0.05) is 6.42 Å². The maximum atomic E-state index is 10.5. The van der Waals surface area contributed by atoms with E-state index in [9.17, 15) is 4.79 Å². The predicted molar refractivity (Wildman–Crippen MR) is 69.3 cm³/mol. The molecule has 0 aromatic carbocycles. The third-order valence-electron chi connectivity index (χ3n) is 2.78. The van der Waals surface area contributed by atoms with Crippen LogP contribution in [-0.2, 0) is 4.79 Å². The molecule has 3 heteroatoms. The molecule has 0 fully saturated rings. The van der Waals surface area contributed by atoms with Crippen molar-refractivity contribution in [2.75, 3.05) is 20.6 Å². The highest BCUT2D eigenvalue weighted by molar-refractivity contribution is 5.73. The number of unbranched alkanes of at least 4 members (excludes halogenated alkanes) is 7. The molecule has 0 atom stereocenters. The van der Waals surface area contributed by atoms with Crippen LogP contribution in [0.4, 0.5) is 0 Å². The Balaban J connectivity index is 2.96. The van der Waals surface area contributed by atoms with Gasteiger partial charge < -0.3 is 10.6 Å². The van der Waals surface area contributed by atoms with Crippen LogP contribution in [0.2, 0.25) is 0 Å². The maximum Gasteiger partial charge on any atom is 0.217 e. The smallest absolute Gasteiger partial charge is 0.217 e. The summed E-state index contributed by atoms with van der Waals surface area (Å²) in [4.78, 5) is 12.7. The van der Waals surface area contributed by atoms with Gasteiger partial charge in [0.2, 0.25) is 5.91 Å². The molecule has 1 amide bonds. The van der Waals surface area contributed by atoms with Crippen molar-refractivity contribution in [2.45, 2.75) is 57.8 Å². The Labute approximate surface area is 100 Å².